The summed E-state index contributed by atoms with van der Waals surface area (Å²) >= 11 is 5.83. The minimum Gasteiger partial charge on any atom is -0.394 e. The van der Waals surface area contributed by atoms with Crippen molar-refractivity contribution in [2.75, 3.05) is 13.7 Å². The van der Waals surface area contributed by atoms with E-state index in [-0.39, 0.29) is 12.0 Å². The van der Waals surface area contributed by atoms with E-state index in [9.17, 15) is 5.11 Å². The summed E-state index contributed by atoms with van der Waals surface area (Å²) in [6.45, 7) is -0.315. The zero-order valence-corrected chi connectivity index (χ0v) is 7.57. The zero-order chi connectivity index (χ0) is 9.14. The van der Waals surface area contributed by atoms with E-state index in [1.165, 1.54) is 7.11 Å². The van der Waals surface area contributed by atoms with Crippen LogP contribution in [0.1, 0.15) is 6.42 Å². The van der Waals surface area contributed by atoms with Crippen molar-refractivity contribution in [1.82, 2.24) is 0 Å². The Hall–Kier alpha value is 0.130. The van der Waals surface area contributed by atoms with Crippen LogP contribution in [0.25, 0.3) is 0 Å². The van der Waals surface area contributed by atoms with Crippen LogP contribution in [0, 0.1) is 0 Å². The molecule has 72 valence electrons. The van der Waals surface area contributed by atoms with Crippen molar-refractivity contribution in [3.63, 3.8) is 0 Å². The number of ether oxygens (including phenoxy) is 2. The Bertz CT molecular complexity index is 143. The highest BCUT2D eigenvalue weighted by molar-refractivity contribution is 6.21. The van der Waals surface area contributed by atoms with Gasteiger partial charge in [-0.3, -0.25) is 0 Å². The van der Waals surface area contributed by atoms with Gasteiger partial charge in [0.25, 0.3) is 0 Å². The Kier molecular flexibility index (Phi) is 3.74. The number of alkyl halides is 1. The predicted octanol–water partition coefficient (Wildman–Crippen LogP) is -0.292. The quantitative estimate of drug-likeness (QED) is 0.609. The predicted molar refractivity (Wildman–Crippen MR) is 43.0 cm³/mol. The summed E-state index contributed by atoms with van der Waals surface area (Å²) in [5.74, 6) is 0. The lowest BCUT2D eigenvalue weighted by Gasteiger charge is -2.15. The standard InChI is InChI=1S/C7H13ClO4/c1-11-7-4(8)2-6(12-7)5(10)3-9/h4-7,9-10H,2-3H2,1H3/t4-,5+,6+,7-/m0/s1. The van der Waals surface area contributed by atoms with Crippen LogP contribution < -0.4 is 0 Å². The van der Waals surface area contributed by atoms with Gasteiger partial charge < -0.3 is 19.7 Å². The van der Waals surface area contributed by atoms with Crippen LogP contribution in [0.2, 0.25) is 0 Å². The van der Waals surface area contributed by atoms with Crippen molar-refractivity contribution in [3.8, 4) is 0 Å². The third-order valence-corrected chi connectivity index (χ3v) is 2.29. The highest BCUT2D eigenvalue weighted by Gasteiger charge is 2.37. The Balaban J connectivity index is 2.42. The van der Waals surface area contributed by atoms with E-state index in [1.807, 2.05) is 0 Å². The molecule has 1 aliphatic heterocycles. The van der Waals surface area contributed by atoms with Gasteiger partial charge in [-0.05, 0) is 6.42 Å². The summed E-state index contributed by atoms with van der Waals surface area (Å²) in [6, 6.07) is 0. The molecule has 0 amide bonds. The Morgan fingerprint density at radius 2 is 2.42 bits per heavy atom. The maximum absolute atomic E-state index is 9.20. The monoisotopic (exact) mass is 196 g/mol. The summed E-state index contributed by atoms with van der Waals surface area (Å²) in [5.41, 5.74) is 0. The molecule has 0 aromatic heterocycles. The molecule has 0 radical (unpaired) electrons. The maximum atomic E-state index is 9.20. The molecule has 4 atom stereocenters. The van der Waals surface area contributed by atoms with Crippen molar-refractivity contribution >= 4 is 11.6 Å². The molecule has 1 saturated heterocycles. The lowest BCUT2D eigenvalue weighted by Crippen LogP contribution is -2.29. The molecule has 1 fully saturated rings. The fourth-order valence-electron chi connectivity index (χ4n) is 1.21. The fraction of sp³-hybridized carbons (Fsp3) is 1.00. The van der Waals surface area contributed by atoms with E-state index < -0.39 is 18.5 Å². The number of aliphatic hydroxyl groups excluding tert-OH is 2. The largest absolute Gasteiger partial charge is 0.394 e. The van der Waals surface area contributed by atoms with Gasteiger partial charge in [0.15, 0.2) is 6.29 Å². The van der Waals surface area contributed by atoms with Crippen LogP contribution in [0.3, 0.4) is 0 Å². The number of methoxy groups -OCH3 is 1. The average molecular weight is 197 g/mol. The van der Waals surface area contributed by atoms with E-state index in [4.69, 9.17) is 26.2 Å². The summed E-state index contributed by atoms with van der Waals surface area (Å²) in [7, 11) is 1.49. The first-order valence-electron chi connectivity index (χ1n) is 3.80. The molecule has 0 bridgehead atoms. The van der Waals surface area contributed by atoms with Crippen molar-refractivity contribution in [1.29, 1.82) is 0 Å². The van der Waals surface area contributed by atoms with Gasteiger partial charge in [0, 0.05) is 7.11 Å². The molecule has 2 N–H and O–H groups in total. The molecule has 1 rings (SSSR count). The Labute approximate surface area is 76.0 Å². The first-order chi connectivity index (χ1) is 5.69. The van der Waals surface area contributed by atoms with Gasteiger partial charge in [0.2, 0.25) is 0 Å². The summed E-state index contributed by atoms with van der Waals surface area (Å²) in [6.07, 6.45) is -1.26. The molecule has 0 aromatic carbocycles. The van der Waals surface area contributed by atoms with Gasteiger partial charge >= 0.3 is 0 Å². The van der Waals surface area contributed by atoms with Crippen LogP contribution >= 0.6 is 11.6 Å². The SMILES string of the molecule is CO[C@H]1O[C@@H]([C@H](O)CO)C[C@@H]1Cl. The minimum atomic E-state index is -0.869. The van der Waals surface area contributed by atoms with E-state index in [2.05, 4.69) is 0 Å². The molecular weight excluding hydrogens is 184 g/mol. The molecule has 0 aliphatic carbocycles. The molecule has 12 heavy (non-hydrogen) atoms. The molecule has 1 aliphatic rings. The Morgan fingerprint density at radius 1 is 1.75 bits per heavy atom. The number of hydrogen-bond donors (Lipinski definition) is 2. The average Bonchev–Trinajstić information content (AvgIpc) is 2.45. The summed E-state index contributed by atoms with van der Waals surface area (Å²) in [4.78, 5) is 0. The van der Waals surface area contributed by atoms with Crippen LogP contribution in [0.5, 0.6) is 0 Å². The fourth-order valence-corrected chi connectivity index (χ4v) is 1.55. The second-order valence-corrected chi connectivity index (χ2v) is 3.34. The topological polar surface area (TPSA) is 58.9 Å². The number of aliphatic hydroxyl groups is 2. The molecule has 0 aromatic rings. The van der Waals surface area contributed by atoms with E-state index in [1.54, 1.807) is 0 Å². The third-order valence-electron chi connectivity index (χ3n) is 1.91. The Morgan fingerprint density at radius 3 is 2.83 bits per heavy atom. The van der Waals surface area contributed by atoms with Crippen LogP contribution in [-0.2, 0) is 9.47 Å². The zero-order valence-electron chi connectivity index (χ0n) is 6.81. The first kappa shape index (κ1) is 10.2. The second-order valence-electron chi connectivity index (χ2n) is 2.78. The maximum Gasteiger partial charge on any atom is 0.173 e. The lowest BCUT2D eigenvalue weighted by molar-refractivity contribution is -0.142. The molecule has 0 unspecified atom stereocenters. The second kappa shape index (κ2) is 4.39. The van der Waals surface area contributed by atoms with Crippen molar-refractivity contribution in [2.24, 2.45) is 0 Å². The first-order valence-corrected chi connectivity index (χ1v) is 4.24. The highest BCUT2D eigenvalue weighted by Crippen LogP contribution is 2.27. The summed E-state index contributed by atoms with van der Waals surface area (Å²) in [5, 5.41) is 17.6. The molecule has 5 heteroatoms. The van der Waals surface area contributed by atoms with Crippen LogP contribution in [-0.4, -0.2) is 47.8 Å². The molecule has 1 heterocycles. The van der Waals surface area contributed by atoms with Gasteiger partial charge in [-0.25, -0.2) is 0 Å². The molecule has 0 saturated carbocycles. The van der Waals surface area contributed by atoms with Crippen molar-refractivity contribution in [3.05, 3.63) is 0 Å². The third kappa shape index (κ3) is 2.08. The molecular formula is C7H13ClO4. The number of hydrogen-bond acceptors (Lipinski definition) is 4. The molecule has 0 spiro atoms. The van der Waals surface area contributed by atoms with Gasteiger partial charge in [0.05, 0.1) is 18.1 Å². The number of rotatable bonds is 3. The smallest absolute Gasteiger partial charge is 0.173 e. The highest BCUT2D eigenvalue weighted by atomic mass is 35.5. The minimum absolute atomic E-state index is 0.249. The number of halogens is 1. The summed E-state index contributed by atoms with van der Waals surface area (Å²) < 4.78 is 10.1. The van der Waals surface area contributed by atoms with Crippen LogP contribution in [0.4, 0.5) is 0 Å². The van der Waals surface area contributed by atoms with Crippen LogP contribution in [0.15, 0.2) is 0 Å². The lowest BCUT2D eigenvalue weighted by atomic mass is 10.1. The normalized spacial score (nSPS) is 38.5. The van der Waals surface area contributed by atoms with E-state index >= 15 is 0 Å². The van der Waals surface area contributed by atoms with Gasteiger partial charge in [-0.15, -0.1) is 11.6 Å². The van der Waals surface area contributed by atoms with Gasteiger partial charge in [0.1, 0.15) is 6.10 Å². The molecule has 4 nitrogen and oxygen atoms in total. The van der Waals surface area contributed by atoms with E-state index in [0.717, 1.165) is 0 Å². The van der Waals surface area contributed by atoms with Gasteiger partial charge in [-0.1, -0.05) is 0 Å². The van der Waals surface area contributed by atoms with Crippen molar-refractivity contribution < 1.29 is 19.7 Å². The van der Waals surface area contributed by atoms with E-state index in [0.29, 0.717) is 6.42 Å². The van der Waals surface area contributed by atoms with Gasteiger partial charge in [-0.2, -0.15) is 0 Å². The van der Waals surface area contributed by atoms with Crippen molar-refractivity contribution in [2.45, 2.75) is 30.3 Å².